The molecule has 3 aromatic heterocycles. The van der Waals surface area contributed by atoms with E-state index in [4.69, 9.17) is 6.11 Å². The number of rotatable bonds is 4. The van der Waals surface area contributed by atoms with Gasteiger partial charge in [-0.05, 0) is 37.2 Å². The minimum atomic E-state index is -4.46. The molecule has 5 rings (SSSR count). The van der Waals surface area contributed by atoms with Gasteiger partial charge in [0, 0.05) is 24.8 Å². The van der Waals surface area contributed by atoms with Gasteiger partial charge in [-0.25, -0.2) is 14.1 Å². The van der Waals surface area contributed by atoms with Gasteiger partial charge < -0.3 is 9.64 Å². The third kappa shape index (κ3) is 4.22. The second-order valence-electron chi connectivity index (χ2n) is 8.26. The Labute approximate surface area is 192 Å². The summed E-state index contributed by atoms with van der Waals surface area (Å²) in [5, 5.41) is 10.3. The molecule has 0 aliphatic carbocycles. The number of aromatic nitrogens is 6. The third-order valence-corrected chi connectivity index (χ3v) is 5.78. The van der Waals surface area contributed by atoms with Crippen molar-refractivity contribution in [3.8, 4) is 17.0 Å². The lowest BCUT2D eigenvalue weighted by Crippen LogP contribution is -2.42. The summed E-state index contributed by atoms with van der Waals surface area (Å²) < 4.78 is 69.4. The van der Waals surface area contributed by atoms with Gasteiger partial charge in [0.15, 0.2) is 0 Å². The van der Waals surface area contributed by atoms with Crippen LogP contribution in [0.3, 0.4) is 0 Å². The van der Waals surface area contributed by atoms with Gasteiger partial charge >= 0.3 is 6.18 Å². The van der Waals surface area contributed by atoms with Crippen LogP contribution in [-0.2, 0) is 6.54 Å². The number of halogens is 4. The lowest BCUT2D eigenvalue weighted by Gasteiger charge is -2.29. The van der Waals surface area contributed by atoms with Gasteiger partial charge in [-0.15, -0.1) is 5.10 Å². The molecule has 4 aromatic rings. The van der Waals surface area contributed by atoms with Crippen LogP contribution in [0.2, 0.25) is 0 Å². The molecule has 4 heterocycles. The zero-order valence-electron chi connectivity index (χ0n) is 19.3. The van der Waals surface area contributed by atoms with Crippen molar-refractivity contribution in [2.24, 2.45) is 4.99 Å². The van der Waals surface area contributed by atoms with E-state index >= 15 is 0 Å². The molecule has 1 fully saturated rings. The summed E-state index contributed by atoms with van der Waals surface area (Å²) in [5.41, 5.74) is 2.05. The number of alkyl halides is 4. The van der Waals surface area contributed by atoms with Crippen LogP contribution < -0.4 is 10.4 Å². The maximum absolute atomic E-state index is 14.5. The molecule has 9 nitrogen and oxygen atoms in total. The fraction of sp³-hybridized carbons (Fsp3) is 0.429. The highest BCUT2D eigenvalue weighted by Crippen LogP contribution is 2.32. The van der Waals surface area contributed by atoms with Crippen molar-refractivity contribution in [3.63, 3.8) is 0 Å². The highest BCUT2D eigenvalue weighted by Gasteiger charge is 2.30. The third-order valence-electron chi connectivity index (χ3n) is 5.78. The first-order valence-electron chi connectivity index (χ1n) is 11.1. The highest BCUT2D eigenvalue weighted by atomic mass is 19.4. The summed E-state index contributed by atoms with van der Waals surface area (Å²) in [7, 11) is 3.25. The van der Waals surface area contributed by atoms with Crippen molar-refractivity contribution < 1.29 is 23.7 Å². The number of methoxy groups -OCH3 is 1. The summed E-state index contributed by atoms with van der Waals surface area (Å²) in [6, 6.07) is 5.72. The van der Waals surface area contributed by atoms with Crippen LogP contribution in [0.5, 0.6) is 5.88 Å². The average Bonchev–Trinajstić information content (AvgIpc) is 3.34. The Bertz CT molecular complexity index is 1460. The maximum atomic E-state index is 14.5. The van der Waals surface area contributed by atoms with Crippen molar-refractivity contribution in [3.05, 3.63) is 36.1 Å². The number of hydrogen-bond acceptors (Lipinski definition) is 6. The van der Waals surface area contributed by atoms with Gasteiger partial charge in [0.05, 0.1) is 20.0 Å². The van der Waals surface area contributed by atoms with E-state index < -0.39 is 24.9 Å². The molecule has 1 saturated heterocycles. The number of likely N-dealkylation sites (tertiary alicyclic amines) is 1. The first-order chi connectivity index (χ1) is 16.6. The van der Waals surface area contributed by atoms with E-state index in [9.17, 15) is 17.6 Å². The Morgan fingerprint density at radius 1 is 1.32 bits per heavy atom. The van der Waals surface area contributed by atoms with Gasteiger partial charge in [0.1, 0.15) is 23.7 Å². The molecule has 0 unspecified atom stereocenters. The predicted molar refractivity (Wildman–Crippen MR) is 115 cm³/mol. The van der Waals surface area contributed by atoms with Crippen LogP contribution in [-0.4, -0.2) is 80.1 Å². The molecule has 0 spiro atoms. The molecule has 1 N–H and O–H groups in total. The topological polar surface area (TPSA) is 88.6 Å². The molecular weight excluding hydrogens is 456 g/mol. The number of fused-ring (bicyclic) bond motifs is 2. The monoisotopic (exact) mass is 479 g/mol. The number of aromatic amines is 1. The fourth-order valence-corrected chi connectivity index (χ4v) is 4.14. The van der Waals surface area contributed by atoms with Crippen molar-refractivity contribution in [2.45, 2.75) is 31.4 Å². The maximum Gasteiger partial charge on any atom is 0.408 e. The van der Waals surface area contributed by atoms with Crippen molar-refractivity contribution in [2.75, 3.05) is 27.2 Å². The highest BCUT2D eigenvalue weighted by molar-refractivity contribution is 5.89. The SMILES string of the molecule is [2H]c1cc(-c2ccc3nnn(CC(F)(F)F)c3c2)c2c(OC)nc(=N[C@@H]3CCN(C)C[C@@H]3F)[nH]n12. The Balaban J connectivity index is 1.61. The number of benzene rings is 1. The van der Waals surface area contributed by atoms with Gasteiger partial charge in [-0.1, -0.05) is 11.3 Å². The normalized spacial score (nSPS) is 20.9. The molecule has 2 atom stereocenters. The molecule has 1 aliphatic heterocycles. The molecule has 13 heteroatoms. The Kier molecular flexibility index (Phi) is 5.20. The summed E-state index contributed by atoms with van der Waals surface area (Å²) in [5.74, 6) is 0.140. The molecule has 1 aromatic carbocycles. The Hall–Kier alpha value is -3.48. The molecule has 1 aliphatic rings. The molecule has 0 amide bonds. The smallest absolute Gasteiger partial charge is 0.408 e. The molecule has 34 heavy (non-hydrogen) atoms. The molecule has 0 saturated carbocycles. The van der Waals surface area contributed by atoms with Gasteiger partial charge in [0.2, 0.25) is 11.5 Å². The van der Waals surface area contributed by atoms with E-state index in [1.807, 2.05) is 11.9 Å². The first kappa shape index (κ1) is 21.1. The lowest BCUT2D eigenvalue weighted by molar-refractivity contribution is -0.142. The first-order valence-corrected chi connectivity index (χ1v) is 10.6. The number of piperidine rings is 1. The van der Waals surface area contributed by atoms with Crippen LogP contribution >= 0.6 is 0 Å². The lowest BCUT2D eigenvalue weighted by atomic mass is 10.0. The number of nitrogens with zero attached hydrogens (tertiary/aromatic N) is 7. The molecular formula is C21H22F4N8O. The van der Waals surface area contributed by atoms with E-state index in [1.54, 1.807) is 12.1 Å². The van der Waals surface area contributed by atoms with Crippen LogP contribution in [0, 0.1) is 0 Å². The van der Waals surface area contributed by atoms with Crippen LogP contribution in [0.1, 0.15) is 7.79 Å². The van der Waals surface area contributed by atoms with Crippen molar-refractivity contribution in [1.82, 2.24) is 34.5 Å². The van der Waals surface area contributed by atoms with Crippen LogP contribution in [0.25, 0.3) is 27.7 Å². The zero-order chi connectivity index (χ0) is 24.9. The number of hydrogen-bond donors (Lipinski definition) is 1. The zero-order valence-corrected chi connectivity index (χ0v) is 18.3. The largest absolute Gasteiger partial charge is 0.479 e. The van der Waals surface area contributed by atoms with E-state index in [2.05, 4.69) is 25.4 Å². The Morgan fingerprint density at radius 2 is 2.15 bits per heavy atom. The van der Waals surface area contributed by atoms with Gasteiger partial charge in [-0.3, -0.25) is 9.61 Å². The van der Waals surface area contributed by atoms with Crippen LogP contribution in [0.4, 0.5) is 17.6 Å². The summed E-state index contributed by atoms with van der Waals surface area (Å²) in [4.78, 5) is 10.7. The molecule has 0 bridgehead atoms. The van der Waals surface area contributed by atoms with Crippen molar-refractivity contribution >= 4 is 16.6 Å². The van der Waals surface area contributed by atoms with Crippen molar-refractivity contribution in [1.29, 1.82) is 0 Å². The van der Waals surface area contributed by atoms with E-state index in [0.717, 1.165) is 4.68 Å². The second-order valence-corrected chi connectivity index (χ2v) is 8.26. The van der Waals surface area contributed by atoms with Gasteiger partial charge in [-0.2, -0.15) is 18.2 Å². The molecule has 180 valence electrons. The van der Waals surface area contributed by atoms with Crippen LogP contribution in [0.15, 0.2) is 35.4 Å². The predicted octanol–water partition coefficient (Wildman–Crippen LogP) is 2.59. The standard InChI is InChI=1S/C21H22F4N8O/c1-31-7-6-15(14(22)10-31)26-20-27-19(34-2)18-13(5-8-32(18)29-20)12-3-4-16-17(9-12)33(30-28-16)11-21(23,24)25/h3-5,8-9,14-15H,6-7,10-11H2,1-2H3,(H,26,29)/t14-,15+/m0/s1/i8D. The fourth-order valence-electron chi connectivity index (χ4n) is 4.14. The van der Waals surface area contributed by atoms with Gasteiger partial charge in [0.25, 0.3) is 0 Å². The Morgan fingerprint density at radius 3 is 2.88 bits per heavy atom. The van der Waals surface area contributed by atoms with E-state index in [-0.39, 0.29) is 29.7 Å². The summed E-state index contributed by atoms with van der Waals surface area (Å²) >= 11 is 0. The molecule has 0 radical (unpaired) electrons. The quantitative estimate of drug-likeness (QED) is 0.455. The number of nitrogens with one attached hydrogen (secondary N) is 1. The average molecular weight is 479 g/mol. The summed E-state index contributed by atoms with van der Waals surface area (Å²) in [6.07, 6.45) is -5.04. The van der Waals surface area contributed by atoms with E-state index in [1.165, 1.54) is 23.8 Å². The number of ether oxygens (including phenoxy) is 1. The minimum absolute atomic E-state index is 0.0364. The minimum Gasteiger partial charge on any atom is -0.479 e. The van der Waals surface area contributed by atoms with E-state index in [0.29, 0.717) is 35.1 Å². The second kappa shape index (κ2) is 8.38. The number of H-pyrrole nitrogens is 1. The summed E-state index contributed by atoms with van der Waals surface area (Å²) in [6.45, 7) is -0.302.